The third-order valence-corrected chi connectivity index (χ3v) is 2.84. The van der Waals surface area contributed by atoms with Crippen LogP contribution in [0.4, 0.5) is 0 Å². The summed E-state index contributed by atoms with van der Waals surface area (Å²) < 4.78 is 0. The normalized spacial score (nSPS) is 11.7. The average molecular weight is 256 g/mol. The molecule has 0 bridgehead atoms. The number of hydrogen-bond donors (Lipinski definition) is 1. The number of amides is 1. The summed E-state index contributed by atoms with van der Waals surface area (Å²) in [5.74, 6) is 0.718. The molecule has 1 N–H and O–H groups in total. The molecule has 0 aliphatic rings. The molecule has 4 heteroatoms. The Balaban J connectivity index is 0.000000318. The lowest BCUT2D eigenvalue weighted by atomic mass is 10.1. The van der Waals surface area contributed by atoms with E-state index in [1.54, 1.807) is 18.3 Å². The molecule has 0 aliphatic heterocycles. The molecular weight excluding hydrogens is 232 g/mol. The van der Waals surface area contributed by atoms with E-state index >= 15 is 0 Å². The predicted molar refractivity (Wildman–Crippen MR) is 74.3 cm³/mol. The van der Waals surface area contributed by atoms with Crippen LogP contribution in [0.5, 0.6) is 0 Å². The monoisotopic (exact) mass is 256 g/mol. The van der Waals surface area contributed by atoms with Crippen molar-refractivity contribution < 1.29 is 4.79 Å². The van der Waals surface area contributed by atoms with Crippen LogP contribution in [0.15, 0.2) is 6.20 Å². The van der Waals surface area contributed by atoms with Gasteiger partial charge in [-0.2, -0.15) is 0 Å². The van der Waals surface area contributed by atoms with Gasteiger partial charge in [-0.3, -0.25) is 4.79 Å². The molecule has 0 fully saturated rings. The molecule has 0 aromatic carbocycles. The Kier molecular flexibility index (Phi) is 7.79. The highest BCUT2D eigenvalue weighted by molar-refractivity contribution is 7.11. The van der Waals surface area contributed by atoms with E-state index < -0.39 is 0 Å². The molecule has 17 heavy (non-hydrogen) atoms. The van der Waals surface area contributed by atoms with Gasteiger partial charge in [-0.1, -0.05) is 13.8 Å². The van der Waals surface area contributed by atoms with Crippen molar-refractivity contribution in [3.8, 4) is 0 Å². The van der Waals surface area contributed by atoms with E-state index in [1.165, 1.54) is 4.88 Å². The maximum Gasteiger partial charge on any atom is 0.217 e. The van der Waals surface area contributed by atoms with Gasteiger partial charge in [-0.05, 0) is 33.1 Å². The highest BCUT2D eigenvalue weighted by Crippen LogP contribution is 2.07. The molecule has 1 aromatic heterocycles. The number of rotatable bonds is 3. The fourth-order valence-electron chi connectivity index (χ4n) is 1.58. The van der Waals surface area contributed by atoms with E-state index in [1.807, 2.05) is 20.0 Å². The van der Waals surface area contributed by atoms with E-state index in [0.29, 0.717) is 12.0 Å². The zero-order valence-electron chi connectivity index (χ0n) is 11.7. The van der Waals surface area contributed by atoms with Crippen molar-refractivity contribution in [2.45, 2.75) is 54.0 Å². The van der Waals surface area contributed by atoms with E-state index in [-0.39, 0.29) is 5.91 Å². The molecule has 0 spiro atoms. The van der Waals surface area contributed by atoms with Crippen LogP contribution in [0.3, 0.4) is 0 Å². The Morgan fingerprint density at radius 3 is 2.24 bits per heavy atom. The minimum Gasteiger partial charge on any atom is -0.354 e. The molecular formula is C13H24N2OS. The van der Waals surface area contributed by atoms with Gasteiger partial charge in [0, 0.05) is 24.0 Å². The molecule has 0 saturated carbocycles. The van der Waals surface area contributed by atoms with E-state index in [4.69, 9.17) is 0 Å². The van der Waals surface area contributed by atoms with Gasteiger partial charge >= 0.3 is 0 Å². The van der Waals surface area contributed by atoms with Crippen molar-refractivity contribution in [3.05, 3.63) is 16.1 Å². The van der Waals surface area contributed by atoms with E-state index in [9.17, 15) is 4.79 Å². The molecule has 0 saturated heterocycles. The minimum absolute atomic E-state index is 0.0631. The summed E-state index contributed by atoms with van der Waals surface area (Å²) in [5, 5.41) is 3.99. The van der Waals surface area contributed by atoms with Crippen LogP contribution in [0, 0.1) is 19.8 Å². The van der Waals surface area contributed by atoms with Crippen LogP contribution >= 0.6 is 11.3 Å². The third-order valence-electron chi connectivity index (χ3n) is 2.01. The molecule has 1 unspecified atom stereocenters. The van der Waals surface area contributed by atoms with Crippen molar-refractivity contribution in [1.29, 1.82) is 0 Å². The Morgan fingerprint density at radius 2 is 2.00 bits per heavy atom. The second-order valence-corrected chi connectivity index (χ2v) is 6.16. The van der Waals surface area contributed by atoms with Gasteiger partial charge in [0.15, 0.2) is 0 Å². The molecule has 0 aliphatic carbocycles. The number of thiazole rings is 1. The summed E-state index contributed by atoms with van der Waals surface area (Å²) in [6.07, 6.45) is 2.94. The van der Waals surface area contributed by atoms with Gasteiger partial charge < -0.3 is 5.32 Å². The summed E-state index contributed by atoms with van der Waals surface area (Å²) in [4.78, 5) is 15.8. The lowest BCUT2D eigenvalue weighted by Gasteiger charge is -2.13. The molecule has 98 valence electrons. The summed E-state index contributed by atoms with van der Waals surface area (Å²) >= 11 is 1.73. The van der Waals surface area contributed by atoms with Gasteiger partial charge in [0.2, 0.25) is 5.91 Å². The largest absolute Gasteiger partial charge is 0.354 e. The van der Waals surface area contributed by atoms with Crippen LogP contribution in [-0.4, -0.2) is 16.9 Å². The second kappa shape index (κ2) is 8.23. The van der Waals surface area contributed by atoms with Crippen molar-refractivity contribution in [2.75, 3.05) is 0 Å². The quantitative estimate of drug-likeness (QED) is 0.901. The standard InChI is InChI=1S/C8H17NO.C5H7NS/c1-6(2)5-7(3)9-8(4)10;1-4-3-6-5(2)7-4/h6-7H,5H2,1-4H3,(H,9,10);3H,1-2H3. The van der Waals surface area contributed by atoms with Gasteiger partial charge in [0.05, 0.1) is 5.01 Å². The van der Waals surface area contributed by atoms with E-state index in [2.05, 4.69) is 31.1 Å². The maximum atomic E-state index is 10.5. The predicted octanol–water partition coefficient (Wildman–Crippen LogP) is 3.32. The third kappa shape index (κ3) is 10.00. The molecule has 1 heterocycles. The molecule has 1 amide bonds. The zero-order valence-corrected chi connectivity index (χ0v) is 12.5. The lowest BCUT2D eigenvalue weighted by molar-refractivity contribution is -0.119. The van der Waals surface area contributed by atoms with Crippen LogP contribution in [0.2, 0.25) is 0 Å². The smallest absolute Gasteiger partial charge is 0.217 e. The van der Waals surface area contributed by atoms with Gasteiger partial charge in [0.1, 0.15) is 0 Å². The first-order valence-electron chi connectivity index (χ1n) is 5.97. The topological polar surface area (TPSA) is 42.0 Å². The van der Waals surface area contributed by atoms with Crippen LogP contribution in [0.1, 0.15) is 44.0 Å². The number of nitrogens with one attached hydrogen (secondary N) is 1. The van der Waals surface area contributed by atoms with E-state index in [0.717, 1.165) is 11.4 Å². The highest BCUT2D eigenvalue weighted by atomic mass is 32.1. The van der Waals surface area contributed by atoms with Crippen molar-refractivity contribution >= 4 is 17.2 Å². The Bertz CT molecular complexity index is 317. The summed E-state index contributed by atoms with van der Waals surface area (Å²) in [6.45, 7) is 12.0. The van der Waals surface area contributed by atoms with Crippen LogP contribution < -0.4 is 5.32 Å². The molecule has 1 atom stereocenters. The molecule has 0 radical (unpaired) electrons. The molecule has 1 rings (SSSR count). The number of aromatic nitrogens is 1. The Labute approximate surface area is 109 Å². The maximum absolute atomic E-state index is 10.5. The lowest BCUT2D eigenvalue weighted by Crippen LogP contribution is -2.31. The van der Waals surface area contributed by atoms with Crippen molar-refractivity contribution in [1.82, 2.24) is 10.3 Å². The first kappa shape index (κ1) is 16.1. The number of carbonyl (C=O) groups excluding carboxylic acids is 1. The summed E-state index contributed by atoms with van der Waals surface area (Å²) in [6, 6.07) is 0.317. The van der Waals surface area contributed by atoms with Gasteiger partial charge in [-0.25, -0.2) is 4.98 Å². The van der Waals surface area contributed by atoms with Crippen LogP contribution in [0.25, 0.3) is 0 Å². The SMILES string of the molecule is CC(=O)NC(C)CC(C)C.Cc1cnc(C)s1. The summed E-state index contributed by atoms with van der Waals surface area (Å²) in [5.41, 5.74) is 0. The fraction of sp³-hybridized carbons (Fsp3) is 0.692. The Morgan fingerprint density at radius 1 is 1.41 bits per heavy atom. The molecule has 1 aromatic rings. The van der Waals surface area contributed by atoms with Crippen molar-refractivity contribution in [2.24, 2.45) is 5.92 Å². The Hall–Kier alpha value is -0.900. The van der Waals surface area contributed by atoms with Gasteiger partial charge in [0.25, 0.3) is 0 Å². The number of carbonyl (C=O) groups is 1. The van der Waals surface area contributed by atoms with Crippen LogP contribution in [-0.2, 0) is 4.79 Å². The fourth-order valence-corrected chi connectivity index (χ4v) is 2.26. The highest BCUT2D eigenvalue weighted by Gasteiger charge is 2.04. The molecule has 3 nitrogen and oxygen atoms in total. The number of nitrogens with zero attached hydrogens (tertiary/aromatic N) is 1. The minimum atomic E-state index is 0.0631. The average Bonchev–Trinajstić information content (AvgIpc) is 2.47. The summed E-state index contributed by atoms with van der Waals surface area (Å²) in [7, 11) is 0. The van der Waals surface area contributed by atoms with Crippen molar-refractivity contribution in [3.63, 3.8) is 0 Å². The first-order valence-corrected chi connectivity index (χ1v) is 6.79. The number of aryl methyl sites for hydroxylation is 2. The zero-order chi connectivity index (χ0) is 13.4. The second-order valence-electron chi connectivity index (χ2n) is 4.72. The van der Waals surface area contributed by atoms with Gasteiger partial charge in [-0.15, -0.1) is 11.3 Å². The first-order chi connectivity index (χ1) is 7.81. The number of hydrogen-bond acceptors (Lipinski definition) is 3.